The van der Waals surface area contributed by atoms with Crippen molar-refractivity contribution in [3.8, 4) is 5.75 Å². The number of esters is 1. The van der Waals surface area contributed by atoms with Crippen LogP contribution < -0.4 is 10.1 Å². The summed E-state index contributed by atoms with van der Waals surface area (Å²) in [6.45, 7) is 0.0659. The number of halogens is 2. The number of amides is 1. The van der Waals surface area contributed by atoms with Crippen LogP contribution >= 0.6 is 23.4 Å². The van der Waals surface area contributed by atoms with Gasteiger partial charge in [0.25, 0.3) is 5.91 Å². The summed E-state index contributed by atoms with van der Waals surface area (Å²) in [7, 11) is 1.36. The van der Waals surface area contributed by atoms with Gasteiger partial charge in [0.1, 0.15) is 0 Å². The Balaban J connectivity index is 1.63. The van der Waals surface area contributed by atoms with Crippen LogP contribution in [0.4, 0.5) is 4.39 Å². The van der Waals surface area contributed by atoms with Crippen LogP contribution in [-0.4, -0.2) is 37.9 Å². The molecule has 0 aliphatic heterocycles. The van der Waals surface area contributed by atoms with Crippen LogP contribution in [-0.2, 0) is 20.7 Å². The molecule has 0 fully saturated rings. The van der Waals surface area contributed by atoms with Crippen molar-refractivity contribution >= 4 is 35.2 Å². The predicted octanol–water partition coefficient (Wildman–Crippen LogP) is 3.48. The minimum absolute atomic E-state index is 0.1000. The van der Waals surface area contributed by atoms with E-state index >= 15 is 0 Å². The van der Waals surface area contributed by atoms with Gasteiger partial charge in [0.2, 0.25) is 0 Å². The summed E-state index contributed by atoms with van der Waals surface area (Å²) in [6, 6.07) is 11.6. The maximum Gasteiger partial charge on any atom is 0.310 e. The Morgan fingerprint density at radius 3 is 2.59 bits per heavy atom. The molecule has 0 aliphatic carbocycles. The summed E-state index contributed by atoms with van der Waals surface area (Å²) in [6.07, 6.45) is -0.124. The monoisotopic (exact) mass is 411 g/mol. The molecule has 5 nitrogen and oxygen atoms in total. The van der Waals surface area contributed by atoms with E-state index in [0.29, 0.717) is 22.9 Å². The number of ether oxygens (including phenoxy) is 2. The molecule has 8 heteroatoms. The lowest BCUT2D eigenvalue weighted by atomic mass is 10.1. The van der Waals surface area contributed by atoms with E-state index < -0.39 is 11.8 Å². The molecule has 27 heavy (non-hydrogen) atoms. The Labute approximate surface area is 166 Å². The van der Waals surface area contributed by atoms with Gasteiger partial charge >= 0.3 is 5.97 Å². The van der Waals surface area contributed by atoms with Crippen molar-refractivity contribution in [2.75, 3.05) is 26.0 Å². The Kier molecular flexibility index (Phi) is 8.42. The van der Waals surface area contributed by atoms with E-state index in [2.05, 4.69) is 5.32 Å². The number of benzene rings is 2. The van der Waals surface area contributed by atoms with Gasteiger partial charge in [-0.2, -0.15) is 0 Å². The summed E-state index contributed by atoms with van der Waals surface area (Å²) in [5.41, 5.74) is 0.443. The molecule has 0 atom stereocenters. The van der Waals surface area contributed by atoms with Crippen LogP contribution in [0.3, 0.4) is 0 Å². The molecule has 2 rings (SSSR count). The highest BCUT2D eigenvalue weighted by molar-refractivity contribution is 7.99. The molecule has 2 aromatic carbocycles. The number of rotatable bonds is 9. The fourth-order valence-electron chi connectivity index (χ4n) is 2.12. The van der Waals surface area contributed by atoms with Crippen molar-refractivity contribution in [3.05, 3.63) is 58.9 Å². The molecule has 0 heterocycles. The van der Waals surface area contributed by atoms with Gasteiger partial charge < -0.3 is 14.8 Å². The first kappa shape index (κ1) is 21.1. The maximum absolute atomic E-state index is 13.6. The van der Waals surface area contributed by atoms with Gasteiger partial charge in [0.15, 0.2) is 18.2 Å². The van der Waals surface area contributed by atoms with Crippen molar-refractivity contribution in [3.63, 3.8) is 0 Å². The molecule has 0 bridgehead atoms. The van der Waals surface area contributed by atoms with Crippen LogP contribution in [0.1, 0.15) is 5.56 Å². The molecule has 144 valence electrons. The molecule has 0 unspecified atom stereocenters. The van der Waals surface area contributed by atoms with Crippen molar-refractivity contribution in [2.45, 2.75) is 11.3 Å². The van der Waals surface area contributed by atoms with E-state index in [4.69, 9.17) is 21.1 Å². The predicted molar refractivity (Wildman–Crippen MR) is 103 cm³/mol. The van der Waals surface area contributed by atoms with Crippen molar-refractivity contribution in [2.24, 2.45) is 0 Å². The highest BCUT2D eigenvalue weighted by atomic mass is 35.5. The lowest BCUT2D eigenvalue weighted by molar-refractivity contribution is -0.147. The quantitative estimate of drug-likeness (QED) is 0.389. The lowest BCUT2D eigenvalue weighted by Gasteiger charge is -2.08. The molecule has 0 saturated heterocycles. The molecule has 2 aromatic rings. The summed E-state index contributed by atoms with van der Waals surface area (Å²) >= 11 is 7.39. The third-order valence-electron chi connectivity index (χ3n) is 3.44. The average molecular weight is 412 g/mol. The van der Waals surface area contributed by atoms with Gasteiger partial charge in [0.05, 0.1) is 13.5 Å². The Morgan fingerprint density at radius 1 is 1.19 bits per heavy atom. The van der Waals surface area contributed by atoms with Gasteiger partial charge in [-0.25, -0.2) is 4.39 Å². The normalized spacial score (nSPS) is 10.3. The number of thioether (sulfide) groups is 1. The van der Waals surface area contributed by atoms with E-state index in [1.54, 1.807) is 30.0 Å². The first-order chi connectivity index (χ1) is 13.0. The number of hydrogen-bond acceptors (Lipinski definition) is 5. The second-order valence-corrected chi connectivity index (χ2v) is 7.06. The van der Waals surface area contributed by atoms with Gasteiger partial charge in [0, 0.05) is 22.2 Å². The van der Waals surface area contributed by atoms with Crippen LogP contribution in [0.25, 0.3) is 0 Å². The number of carbonyl (C=O) groups excluding carboxylic acids is 2. The average Bonchev–Trinajstić information content (AvgIpc) is 2.65. The minimum atomic E-state index is -0.606. The van der Waals surface area contributed by atoms with Crippen molar-refractivity contribution in [1.29, 1.82) is 0 Å². The van der Waals surface area contributed by atoms with Crippen molar-refractivity contribution < 1.29 is 23.5 Å². The smallest absolute Gasteiger partial charge is 0.310 e. The second-order valence-electron chi connectivity index (χ2n) is 5.46. The third kappa shape index (κ3) is 7.48. The number of nitrogens with one attached hydrogen (secondary N) is 1. The summed E-state index contributed by atoms with van der Waals surface area (Å²) in [4.78, 5) is 24.5. The fourth-order valence-corrected chi connectivity index (χ4v) is 3.02. The number of hydrogen-bond donors (Lipinski definition) is 1. The van der Waals surface area contributed by atoms with E-state index in [0.717, 1.165) is 4.90 Å². The van der Waals surface area contributed by atoms with Crippen molar-refractivity contribution in [1.82, 2.24) is 5.32 Å². The van der Waals surface area contributed by atoms with E-state index in [1.165, 1.54) is 19.2 Å². The fraction of sp³-hybridized carbons (Fsp3) is 0.263. The molecular formula is C19H19ClFNO4S. The van der Waals surface area contributed by atoms with Crippen LogP contribution in [0.5, 0.6) is 5.75 Å². The van der Waals surface area contributed by atoms with E-state index in [1.807, 2.05) is 12.1 Å². The topological polar surface area (TPSA) is 64.6 Å². The zero-order chi connectivity index (χ0) is 19.6. The van der Waals surface area contributed by atoms with Gasteiger partial charge in [-0.1, -0.05) is 17.7 Å². The first-order valence-corrected chi connectivity index (χ1v) is 9.47. The maximum atomic E-state index is 13.6. The van der Waals surface area contributed by atoms with E-state index in [-0.39, 0.29) is 24.7 Å². The van der Waals surface area contributed by atoms with Crippen LogP contribution in [0.15, 0.2) is 47.4 Å². The highest BCUT2D eigenvalue weighted by Crippen LogP contribution is 2.20. The molecule has 0 spiro atoms. The Hall–Kier alpha value is -2.25. The summed E-state index contributed by atoms with van der Waals surface area (Å²) < 4.78 is 23.3. The van der Waals surface area contributed by atoms with Gasteiger partial charge in [-0.15, -0.1) is 11.8 Å². The number of methoxy groups -OCH3 is 1. The second kappa shape index (κ2) is 10.8. The first-order valence-electron chi connectivity index (χ1n) is 8.11. The molecular weight excluding hydrogens is 393 g/mol. The highest BCUT2D eigenvalue weighted by Gasteiger charge is 2.10. The Bertz CT molecular complexity index is 786. The standard InChI is InChI=1S/C19H19ClFNO4S/c1-25-17-7-2-13(10-16(17)21)11-19(24)26-12-18(23)22-8-9-27-15-5-3-14(20)4-6-15/h2-7,10H,8-9,11-12H2,1H3,(H,22,23). The van der Waals surface area contributed by atoms with E-state index in [9.17, 15) is 14.0 Å². The summed E-state index contributed by atoms with van der Waals surface area (Å²) in [5.74, 6) is -0.778. The molecule has 1 amide bonds. The minimum Gasteiger partial charge on any atom is -0.494 e. The zero-order valence-electron chi connectivity index (χ0n) is 14.7. The third-order valence-corrected chi connectivity index (χ3v) is 4.70. The number of carbonyl (C=O) groups is 2. The molecule has 1 N–H and O–H groups in total. The lowest BCUT2D eigenvalue weighted by Crippen LogP contribution is -2.30. The van der Waals surface area contributed by atoms with Gasteiger partial charge in [-0.3, -0.25) is 9.59 Å². The molecule has 0 saturated carbocycles. The molecule has 0 aliphatic rings. The largest absolute Gasteiger partial charge is 0.494 e. The van der Waals surface area contributed by atoms with Gasteiger partial charge in [-0.05, 0) is 42.0 Å². The molecule has 0 radical (unpaired) electrons. The molecule has 0 aromatic heterocycles. The van der Waals surface area contributed by atoms with Crippen LogP contribution in [0.2, 0.25) is 5.02 Å². The zero-order valence-corrected chi connectivity index (χ0v) is 16.2. The summed E-state index contributed by atoms with van der Waals surface area (Å²) in [5, 5.41) is 3.34. The Morgan fingerprint density at radius 2 is 1.93 bits per heavy atom. The van der Waals surface area contributed by atoms with Crippen LogP contribution in [0, 0.1) is 5.82 Å². The SMILES string of the molecule is COc1ccc(CC(=O)OCC(=O)NCCSc2ccc(Cl)cc2)cc1F.